The van der Waals surface area contributed by atoms with Crippen molar-refractivity contribution >= 4 is 17.1 Å². The van der Waals surface area contributed by atoms with Gasteiger partial charge in [-0.15, -0.1) is 0 Å². The first-order valence-corrected chi connectivity index (χ1v) is 14.9. The van der Waals surface area contributed by atoms with Gasteiger partial charge in [-0.2, -0.15) is 0 Å². The summed E-state index contributed by atoms with van der Waals surface area (Å²) in [5.74, 6) is 0. The summed E-state index contributed by atoms with van der Waals surface area (Å²) in [5.41, 5.74) is 0. The van der Waals surface area contributed by atoms with E-state index in [1.807, 2.05) is 0 Å². The Morgan fingerprint density at radius 1 is 0.680 bits per heavy atom. The van der Waals surface area contributed by atoms with Gasteiger partial charge in [-0.1, -0.05) is 0 Å². The van der Waals surface area contributed by atoms with Crippen molar-refractivity contribution in [3.05, 3.63) is 0 Å². The zero-order valence-electron chi connectivity index (χ0n) is 16.1. The Bertz CT molecular complexity index is 339. The number of unbranched alkanes of at least 4 members (excludes halogenated alkanes) is 2. The van der Waals surface area contributed by atoms with Crippen LogP contribution in [0.2, 0.25) is 26.2 Å². The first-order valence-electron chi connectivity index (χ1n) is 9.31. The summed E-state index contributed by atoms with van der Waals surface area (Å²) in [4.78, 5) is 0. The molecule has 2 fully saturated rings. The van der Waals surface area contributed by atoms with Crippen LogP contribution in [0, 0.1) is 0 Å². The molecule has 2 aliphatic rings. The Morgan fingerprint density at radius 3 is 1.40 bits per heavy atom. The van der Waals surface area contributed by atoms with Crippen molar-refractivity contribution in [1.82, 2.24) is 0 Å². The minimum Gasteiger partial charge on any atom is -0.415 e. The minimum atomic E-state index is -2.16. The molecule has 0 aromatic rings. The molecule has 148 valence electrons. The van der Waals surface area contributed by atoms with Gasteiger partial charge in [0.05, 0.1) is 0 Å². The predicted molar refractivity (Wildman–Crippen MR) is 97.8 cm³/mol. The summed E-state index contributed by atoms with van der Waals surface area (Å²) in [5, 5.41) is 0. The molecule has 0 aromatic heterocycles. The lowest BCUT2D eigenvalue weighted by molar-refractivity contribution is 0.0456. The molecule has 2 rings (SSSR count). The molecule has 2 heterocycles. The van der Waals surface area contributed by atoms with Crippen LogP contribution in [-0.2, 0) is 31.9 Å². The zero-order chi connectivity index (χ0) is 18.2. The molecule has 0 aromatic carbocycles. The summed E-state index contributed by atoms with van der Waals surface area (Å²) >= 11 is 0. The van der Waals surface area contributed by atoms with Gasteiger partial charge < -0.3 is 31.9 Å². The van der Waals surface area contributed by atoms with Crippen LogP contribution < -0.4 is 0 Å². The van der Waals surface area contributed by atoms with E-state index in [2.05, 4.69) is 26.2 Å². The second-order valence-electron chi connectivity index (χ2n) is 7.28. The molecule has 0 radical (unpaired) electrons. The molecule has 0 bridgehead atoms. The summed E-state index contributed by atoms with van der Waals surface area (Å²) in [7, 11) is -4.32. The summed E-state index contributed by atoms with van der Waals surface area (Å²) in [6, 6.07) is 0. The van der Waals surface area contributed by atoms with Gasteiger partial charge >= 0.3 is 17.1 Å². The van der Waals surface area contributed by atoms with E-state index in [0.29, 0.717) is 13.2 Å². The topological polar surface area (TPSA) is 71.2 Å². The highest BCUT2D eigenvalue weighted by Crippen LogP contribution is 2.18. The second kappa shape index (κ2) is 10.5. The Hall–Kier alpha value is 0.154. The van der Waals surface area contributed by atoms with Crippen molar-refractivity contribution < 1.29 is 31.9 Å². The van der Waals surface area contributed by atoms with Crippen molar-refractivity contribution in [3.63, 3.8) is 0 Å². The molecule has 7 nitrogen and oxygen atoms in total. The molecule has 0 N–H and O–H groups in total. The van der Waals surface area contributed by atoms with Crippen molar-refractivity contribution in [2.75, 3.05) is 39.6 Å². The van der Waals surface area contributed by atoms with E-state index in [1.54, 1.807) is 0 Å². The van der Waals surface area contributed by atoms with E-state index < -0.39 is 17.1 Å². The van der Waals surface area contributed by atoms with E-state index in [9.17, 15) is 0 Å². The quantitative estimate of drug-likeness (QED) is 0.226. The van der Waals surface area contributed by atoms with Crippen molar-refractivity contribution in [2.24, 2.45) is 0 Å². The smallest absolute Gasteiger partial charge is 0.322 e. The molecular weight excluding hydrogens is 360 g/mol. The molecular formula is C16H34O7Si2. The molecule has 2 aliphatic heterocycles. The molecule has 0 saturated carbocycles. The van der Waals surface area contributed by atoms with E-state index >= 15 is 0 Å². The number of rotatable bonds is 16. The van der Waals surface area contributed by atoms with E-state index in [-0.39, 0.29) is 12.6 Å². The maximum absolute atomic E-state index is 6.27. The number of hydrogen-bond donors (Lipinski definition) is 0. The zero-order valence-corrected chi connectivity index (χ0v) is 18.1. The van der Waals surface area contributed by atoms with Crippen molar-refractivity contribution in [1.29, 1.82) is 0 Å². The van der Waals surface area contributed by atoms with Crippen molar-refractivity contribution in [3.8, 4) is 0 Å². The van der Waals surface area contributed by atoms with Gasteiger partial charge in [0.15, 0.2) is 12.6 Å². The average Bonchev–Trinajstić information content (AvgIpc) is 3.40. The van der Waals surface area contributed by atoms with E-state index in [4.69, 9.17) is 31.9 Å². The number of hydrogen-bond acceptors (Lipinski definition) is 7. The van der Waals surface area contributed by atoms with E-state index in [0.717, 1.165) is 52.1 Å². The Labute approximate surface area is 153 Å². The molecule has 2 atom stereocenters. The standard InChI is InChI=1S/C16H34O7Si2/c1-24(2,21-11-7-5-9-17-15-13-19-15)23-25(3,4)22-12-8-6-10-18-16-14-20-16/h15-16H,5-14H2,1-4H3. The first kappa shape index (κ1) is 21.5. The maximum atomic E-state index is 6.27. The SMILES string of the molecule is C[Si](C)(OCCCCOC1CO1)O[Si](C)(C)OCCCCOC1CO1. The predicted octanol–water partition coefficient (Wildman–Crippen LogP) is 2.75. The number of epoxide rings is 2. The highest BCUT2D eigenvalue weighted by atomic mass is 28.5. The summed E-state index contributed by atoms with van der Waals surface area (Å²) in [6.07, 6.45) is 4.01. The first-order chi connectivity index (χ1) is 11.9. The Kier molecular flexibility index (Phi) is 8.99. The highest BCUT2D eigenvalue weighted by molar-refractivity contribution is 6.78. The largest absolute Gasteiger partial charge is 0.415 e. The lowest BCUT2D eigenvalue weighted by atomic mass is 10.3. The van der Waals surface area contributed by atoms with Crippen molar-refractivity contribution in [2.45, 2.75) is 64.5 Å². The molecule has 2 saturated heterocycles. The lowest BCUT2D eigenvalue weighted by Crippen LogP contribution is -2.48. The molecule has 2 unspecified atom stereocenters. The fraction of sp³-hybridized carbons (Fsp3) is 1.00. The van der Waals surface area contributed by atoms with Crippen LogP contribution in [0.1, 0.15) is 25.7 Å². The molecule has 9 heteroatoms. The molecule has 0 spiro atoms. The fourth-order valence-corrected chi connectivity index (χ4v) is 8.87. The molecule has 25 heavy (non-hydrogen) atoms. The van der Waals surface area contributed by atoms with Gasteiger partial charge in [0.2, 0.25) is 0 Å². The third-order valence-electron chi connectivity index (χ3n) is 3.68. The molecule has 0 aliphatic carbocycles. The lowest BCUT2D eigenvalue weighted by Gasteiger charge is -2.32. The summed E-state index contributed by atoms with van der Waals surface area (Å²) < 4.78 is 39.2. The van der Waals surface area contributed by atoms with Gasteiger partial charge in [0.1, 0.15) is 13.2 Å². The number of ether oxygens (including phenoxy) is 4. The average molecular weight is 395 g/mol. The van der Waals surface area contributed by atoms with Gasteiger partial charge in [-0.25, -0.2) is 0 Å². The Morgan fingerprint density at radius 2 is 1.04 bits per heavy atom. The van der Waals surface area contributed by atoms with E-state index in [1.165, 1.54) is 0 Å². The fourth-order valence-electron chi connectivity index (χ4n) is 2.40. The highest BCUT2D eigenvalue weighted by Gasteiger charge is 2.36. The van der Waals surface area contributed by atoms with Crippen LogP contribution in [0.15, 0.2) is 0 Å². The second-order valence-corrected chi connectivity index (χ2v) is 14.3. The minimum absolute atomic E-state index is 0.0487. The van der Waals surface area contributed by atoms with Gasteiger partial charge in [-0.3, -0.25) is 0 Å². The van der Waals surface area contributed by atoms with Crippen LogP contribution in [0.3, 0.4) is 0 Å². The van der Waals surface area contributed by atoms with Crippen LogP contribution in [0.4, 0.5) is 0 Å². The maximum Gasteiger partial charge on any atom is 0.322 e. The van der Waals surface area contributed by atoms with Gasteiger partial charge in [0.25, 0.3) is 0 Å². The third-order valence-corrected chi connectivity index (χ3v) is 9.41. The van der Waals surface area contributed by atoms with Gasteiger partial charge in [0, 0.05) is 26.4 Å². The van der Waals surface area contributed by atoms with Crippen LogP contribution >= 0.6 is 0 Å². The van der Waals surface area contributed by atoms with Crippen LogP contribution in [0.25, 0.3) is 0 Å². The van der Waals surface area contributed by atoms with Crippen LogP contribution in [0.5, 0.6) is 0 Å². The van der Waals surface area contributed by atoms with Crippen LogP contribution in [-0.4, -0.2) is 69.3 Å². The molecule has 0 amide bonds. The van der Waals surface area contributed by atoms with Gasteiger partial charge in [-0.05, 0) is 51.9 Å². The monoisotopic (exact) mass is 394 g/mol. The third kappa shape index (κ3) is 11.5. The summed E-state index contributed by atoms with van der Waals surface area (Å²) in [6.45, 7) is 12.7. The Balaban J connectivity index is 1.46. The normalized spacial score (nSPS) is 23.0.